The zero-order chi connectivity index (χ0) is 16.8. The molecule has 0 N–H and O–H groups in total. The molecule has 1 heterocycles. The molecule has 2 aliphatic carbocycles. The van der Waals surface area contributed by atoms with Crippen LogP contribution in [0, 0.1) is 11.8 Å². The molecule has 1 aliphatic heterocycles. The average Bonchev–Trinajstić information content (AvgIpc) is 2.78. The zero-order valence-corrected chi connectivity index (χ0v) is 15.7. The lowest BCUT2D eigenvalue weighted by Gasteiger charge is -2.34. The predicted molar refractivity (Wildman–Crippen MR) is 85.4 cm³/mol. The van der Waals surface area contributed by atoms with Gasteiger partial charge in [0.1, 0.15) is 9.75 Å². The van der Waals surface area contributed by atoms with E-state index in [9.17, 15) is 9.59 Å². The molecule has 4 atom stereocenters. The number of nitrogens with zero attached hydrogens (tertiary/aromatic N) is 1. The summed E-state index contributed by atoms with van der Waals surface area (Å²) in [7, 11) is 0. The van der Waals surface area contributed by atoms with Crippen LogP contribution in [0.5, 0.6) is 0 Å². The van der Waals surface area contributed by atoms with E-state index >= 15 is 0 Å². The Balaban J connectivity index is 2.19. The molecule has 0 aromatic rings. The van der Waals surface area contributed by atoms with E-state index in [-0.39, 0.29) is 10.1 Å². The molecule has 10 heteroatoms. The third-order valence-corrected chi connectivity index (χ3v) is 8.44. The van der Waals surface area contributed by atoms with Gasteiger partial charge in [-0.05, 0) is 13.8 Å². The number of fused-ring (bicyclic) bond motifs is 5. The van der Waals surface area contributed by atoms with E-state index in [1.165, 1.54) is 0 Å². The molecule has 22 heavy (non-hydrogen) atoms. The second-order valence-electron chi connectivity index (χ2n) is 5.71. The van der Waals surface area contributed by atoms with Crippen molar-refractivity contribution in [2.75, 3.05) is 0 Å². The molecule has 0 radical (unpaired) electrons. The molecule has 0 aromatic carbocycles. The van der Waals surface area contributed by atoms with E-state index in [4.69, 9.17) is 74.4 Å². The van der Waals surface area contributed by atoms with Crippen molar-refractivity contribution in [2.24, 2.45) is 11.8 Å². The maximum atomic E-state index is 12.6. The van der Waals surface area contributed by atoms with Crippen LogP contribution in [0.3, 0.4) is 0 Å². The van der Waals surface area contributed by atoms with Gasteiger partial charge in [0.2, 0.25) is 0 Å². The fourth-order valence-corrected chi connectivity index (χ4v) is 6.21. The summed E-state index contributed by atoms with van der Waals surface area (Å²) in [6, 6.07) is 0. The van der Waals surface area contributed by atoms with E-state index in [1.54, 1.807) is 13.8 Å². The molecule has 4 nitrogen and oxygen atoms in total. The summed E-state index contributed by atoms with van der Waals surface area (Å²) in [5.74, 6) is -3.67. The molecule has 3 rings (SSSR count). The van der Waals surface area contributed by atoms with Crippen molar-refractivity contribution in [1.29, 1.82) is 0 Å². The van der Waals surface area contributed by atoms with Crippen LogP contribution in [0.1, 0.15) is 13.8 Å². The molecular weight excluding hydrogens is 419 g/mol. The monoisotopic (exact) mass is 425 g/mol. The second kappa shape index (κ2) is 4.81. The Morgan fingerprint density at radius 2 is 1.32 bits per heavy atom. The first-order valence-electron chi connectivity index (χ1n) is 6.30. The van der Waals surface area contributed by atoms with Crippen LogP contribution < -0.4 is 0 Å². The van der Waals surface area contributed by atoms with Gasteiger partial charge in [0, 0.05) is 0 Å². The van der Waals surface area contributed by atoms with Gasteiger partial charge in [-0.15, -0.1) is 23.2 Å². The van der Waals surface area contributed by atoms with Gasteiger partial charge in [-0.2, -0.15) is 5.06 Å². The molecule has 1 saturated heterocycles. The van der Waals surface area contributed by atoms with Gasteiger partial charge in [-0.3, -0.25) is 14.4 Å². The quantitative estimate of drug-likeness (QED) is 0.497. The molecule has 2 amide bonds. The Labute approximate surface area is 156 Å². The summed E-state index contributed by atoms with van der Waals surface area (Å²) >= 11 is 37.9. The van der Waals surface area contributed by atoms with Crippen LogP contribution in [-0.4, -0.2) is 37.1 Å². The number of allylic oxidation sites excluding steroid dienone is 2. The van der Waals surface area contributed by atoms with Crippen molar-refractivity contribution in [3.05, 3.63) is 10.1 Å². The summed E-state index contributed by atoms with van der Waals surface area (Å²) in [4.78, 5) is 26.9. The minimum absolute atomic E-state index is 0.121. The van der Waals surface area contributed by atoms with Crippen molar-refractivity contribution in [3.8, 4) is 0 Å². The number of carbonyl (C=O) groups excluding carboxylic acids is 2. The molecule has 2 bridgehead atoms. The molecule has 3 aliphatic rings. The molecule has 0 spiro atoms. The zero-order valence-electron chi connectivity index (χ0n) is 11.2. The summed E-state index contributed by atoms with van der Waals surface area (Å²) in [6.07, 6.45) is -0.405. The Kier molecular flexibility index (Phi) is 3.81. The number of carbonyl (C=O) groups is 2. The number of imide groups is 1. The summed E-state index contributed by atoms with van der Waals surface area (Å²) in [5, 5.41) is 0.408. The Morgan fingerprint density at radius 1 is 0.955 bits per heavy atom. The van der Waals surface area contributed by atoms with Gasteiger partial charge in [0.15, 0.2) is 4.33 Å². The molecule has 2 fully saturated rings. The minimum Gasteiger partial charge on any atom is -0.272 e. The third-order valence-electron chi connectivity index (χ3n) is 4.18. The number of halogens is 6. The standard InChI is InChI=1S/C12H9Cl6NO3/c1-3(2)22-19-8(20)4-5(9(19)21)11(16)7(14)6(13)10(4,15)12(11,17)18/h3-5H,1-2H3/t4-,5-,10+,11+/m1/s1. The van der Waals surface area contributed by atoms with E-state index in [1.807, 2.05) is 0 Å². The van der Waals surface area contributed by atoms with Crippen LogP contribution in [0.2, 0.25) is 0 Å². The largest absolute Gasteiger partial charge is 0.272 e. The highest BCUT2D eigenvalue weighted by Crippen LogP contribution is 2.77. The van der Waals surface area contributed by atoms with E-state index in [0.29, 0.717) is 5.06 Å². The number of hydrogen-bond acceptors (Lipinski definition) is 3. The van der Waals surface area contributed by atoms with Crippen LogP contribution in [0.15, 0.2) is 10.1 Å². The number of amides is 2. The van der Waals surface area contributed by atoms with Gasteiger partial charge >= 0.3 is 0 Å². The summed E-state index contributed by atoms with van der Waals surface area (Å²) in [6.45, 7) is 3.34. The van der Waals surface area contributed by atoms with Gasteiger partial charge in [-0.1, -0.05) is 46.4 Å². The van der Waals surface area contributed by atoms with E-state index in [2.05, 4.69) is 0 Å². The van der Waals surface area contributed by atoms with Crippen molar-refractivity contribution in [2.45, 2.75) is 34.0 Å². The topological polar surface area (TPSA) is 46.6 Å². The van der Waals surface area contributed by atoms with Crippen LogP contribution in [0.25, 0.3) is 0 Å². The van der Waals surface area contributed by atoms with Gasteiger partial charge in [-0.25, -0.2) is 0 Å². The van der Waals surface area contributed by atoms with E-state index in [0.717, 1.165) is 0 Å². The Morgan fingerprint density at radius 3 is 1.64 bits per heavy atom. The highest BCUT2D eigenvalue weighted by molar-refractivity contribution is 6.66. The van der Waals surface area contributed by atoms with Crippen molar-refractivity contribution < 1.29 is 14.4 Å². The normalized spacial score (nSPS) is 42.9. The molecular formula is C12H9Cl6NO3. The van der Waals surface area contributed by atoms with Gasteiger partial charge < -0.3 is 0 Å². The van der Waals surface area contributed by atoms with Crippen LogP contribution >= 0.6 is 69.6 Å². The maximum absolute atomic E-state index is 12.6. The summed E-state index contributed by atoms with van der Waals surface area (Å²) < 4.78 is -1.91. The number of rotatable bonds is 2. The first-order valence-corrected chi connectivity index (χ1v) is 8.57. The maximum Gasteiger partial charge on any atom is 0.259 e. The average molecular weight is 428 g/mol. The first-order chi connectivity index (χ1) is 9.94. The molecule has 122 valence electrons. The predicted octanol–water partition coefficient (Wildman–Crippen LogP) is 3.77. The van der Waals surface area contributed by atoms with Crippen LogP contribution in [0.4, 0.5) is 0 Å². The minimum atomic E-state index is -1.91. The molecule has 1 saturated carbocycles. The van der Waals surface area contributed by atoms with Gasteiger partial charge in [0.05, 0.1) is 28.0 Å². The highest BCUT2D eigenvalue weighted by atomic mass is 35.5. The lowest BCUT2D eigenvalue weighted by Crippen LogP contribution is -2.50. The van der Waals surface area contributed by atoms with Crippen molar-refractivity contribution in [1.82, 2.24) is 5.06 Å². The number of hydrogen-bond donors (Lipinski definition) is 0. The fourth-order valence-electron chi connectivity index (χ4n) is 3.28. The highest BCUT2D eigenvalue weighted by Gasteiger charge is 2.87. The Bertz CT molecular complexity index is 588. The lowest BCUT2D eigenvalue weighted by atomic mass is 9.84. The second-order valence-corrected chi connectivity index (χ2v) is 8.98. The number of alkyl halides is 4. The lowest BCUT2D eigenvalue weighted by molar-refractivity contribution is -0.200. The molecule has 0 aromatic heterocycles. The van der Waals surface area contributed by atoms with Crippen molar-refractivity contribution >= 4 is 81.4 Å². The van der Waals surface area contributed by atoms with Crippen LogP contribution in [-0.2, 0) is 14.4 Å². The third kappa shape index (κ3) is 1.58. The molecule has 0 unspecified atom stereocenters. The fraction of sp³-hybridized carbons (Fsp3) is 0.667. The SMILES string of the molecule is CC(C)ON1C(=O)[C@H]2[C@H](C1=O)[C@]1(Cl)C(Cl)=C(Cl)[C@]2(Cl)C1(Cl)Cl. The number of hydroxylamine groups is 2. The summed E-state index contributed by atoms with van der Waals surface area (Å²) in [5.41, 5.74) is 0. The van der Waals surface area contributed by atoms with Gasteiger partial charge in [0.25, 0.3) is 11.8 Å². The smallest absolute Gasteiger partial charge is 0.259 e. The van der Waals surface area contributed by atoms with E-state index < -0.39 is 43.8 Å². The Hall–Kier alpha value is 0.580. The first kappa shape index (κ1) is 17.4. The van der Waals surface area contributed by atoms with Crippen molar-refractivity contribution in [3.63, 3.8) is 0 Å².